The standard InChI is InChI=1S/C22H25NO5/c1-2-26-18-9-4-3-7-16(18)21(23-12-6-5-8-17(23)22(24)25)15-10-11-19-20(13-15)28-14-27-19/h3-4,7,9-11,13,17,21H,2,5-6,8,12,14H2,1H3,(H,24,25). The third-order valence-corrected chi connectivity index (χ3v) is 5.39. The molecule has 0 aromatic heterocycles. The number of fused-ring (bicyclic) bond motifs is 1. The number of aliphatic carboxylic acids is 1. The van der Waals surface area contributed by atoms with E-state index in [4.69, 9.17) is 14.2 Å². The van der Waals surface area contributed by atoms with Crippen molar-refractivity contribution >= 4 is 5.97 Å². The Labute approximate surface area is 164 Å². The number of nitrogens with zero attached hydrogens (tertiary/aromatic N) is 1. The van der Waals surface area contributed by atoms with Gasteiger partial charge in [0.1, 0.15) is 11.8 Å². The van der Waals surface area contributed by atoms with Crippen LogP contribution in [0, 0.1) is 0 Å². The minimum atomic E-state index is -0.778. The molecule has 1 fully saturated rings. The highest BCUT2D eigenvalue weighted by Gasteiger charge is 2.36. The maximum atomic E-state index is 12.0. The molecule has 2 unspecified atom stereocenters. The fourth-order valence-corrected chi connectivity index (χ4v) is 4.15. The topological polar surface area (TPSA) is 68.2 Å². The quantitative estimate of drug-likeness (QED) is 0.817. The summed E-state index contributed by atoms with van der Waals surface area (Å²) in [5, 5.41) is 9.86. The lowest BCUT2D eigenvalue weighted by Gasteiger charge is -2.40. The Morgan fingerprint density at radius 1 is 1.21 bits per heavy atom. The molecule has 0 saturated carbocycles. The Balaban J connectivity index is 1.82. The summed E-state index contributed by atoms with van der Waals surface area (Å²) in [6, 6.07) is 13.0. The van der Waals surface area contributed by atoms with E-state index in [2.05, 4.69) is 4.90 Å². The maximum absolute atomic E-state index is 12.0. The minimum absolute atomic E-state index is 0.209. The van der Waals surface area contributed by atoms with Gasteiger partial charge in [0.2, 0.25) is 6.79 Å². The normalized spacial score (nSPS) is 20.0. The second-order valence-electron chi connectivity index (χ2n) is 7.07. The molecule has 2 aliphatic heterocycles. The van der Waals surface area contributed by atoms with Crippen molar-refractivity contribution in [1.82, 2.24) is 4.90 Å². The van der Waals surface area contributed by atoms with E-state index in [9.17, 15) is 9.90 Å². The molecule has 2 aromatic rings. The van der Waals surface area contributed by atoms with E-state index >= 15 is 0 Å². The fourth-order valence-electron chi connectivity index (χ4n) is 4.15. The lowest BCUT2D eigenvalue weighted by atomic mass is 9.91. The van der Waals surface area contributed by atoms with E-state index < -0.39 is 12.0 Å². The third kappa shape index (κ3) is 3.52. The van der Waals surface area contributed by atoms with Gasteiger partial charge in [-0.1, -0.05) is 30.7 Å². The predicted octanol–water partition coefficient (Wildman–Crippen LogP) is 3.84. The molecule has 4 rings (SSSR count). The summed E-state index contributed by atoms with van der Waals surface area (Å²) in [5.74, 6) is 1.41. The van der Waals surface area contributed by atoms with E-state index in [0.29, 0.717) is 24.5 Å². The van der Waals surface area contributed by atoms with Crippen LogP contribution in [-0.4, -0.2) is 42.0 Å². The molecule has 0 bridgehead atoms. The number of rotatable bonds is 6. The van der Waals surface area contributed by atoms with Crippen molar-refractivity contribution in [3.8, 4) is 17.2 Å². The van der Waals surface area contributed by atoms with Gasteiger partial charge in [-0.3, -0.25) is 9.69 Å². The summed E-state index contributed by atoms with van der Waals surface area (Å²) >= 11 is 0. The molecular weight excluding hydrogens is 358 g/mol. The van der Waals surface area contributed by atoms with Gasteiger partial charge in [-0.2, -0.15) is 0 Å². The Morgan fingerprint density at radius 2 is 2.04 bits per heavy atom. The molecular formula is C22H25NO5. The van der Waals surface area contributed by atoms with Crippen LogP contribution in [-0.2, 0) is 4.79 Å². The van der Waals surface area contributed by atoms with Crippen molar-refractivity contribution in [2.75, 3.05) is 19.9 Å². The van der Waals surface area contributed by atoms with Gasteiger partial charge in [0.05, 0.1) is 12.6 Å². The number of piperidine rings is 1. The summed E-state index contributed by atoms with van der Waals surface area (Å²) in [5.41, 5.74) is 1.95. The Kier molecular flexibility index (Phi) is 5.39. The van der Waals surface area contributed by atoms with E-state index in [1.807, 2.05) is 49.4 Å². The first kappa shape index (κ1) is 18.6. The second kappa shape index (κ2) is 8.10. The first-order valence-corrected chi connectivity index (χ1v) is 9.79. The van der Waals surface area contributed by atoms with Crippen molar-refractivity contribution in [2.45, 2.75) is 38.3 Å². The van der Waals surface area contributed by atoms with Gasteiger partial charge in [-0.15, -0.1) is 0 Å². The molecule has 6 heteroatoms. The van der Waals surface area contributed by atoms with Crippen LogP contribution in [0.15, 0.2) is 42.5 Å². The smallest absolute Gasteiger partial charge is 0.320 e. The molecule has 148 valence electrons. The third-order valence-electron chi connectivity index (χ3n) is 5.39. The molecule has 0 aliphatic carbocycles. The van der Waals surface area contributed by atoms with Crippen molar-refractivity contribution in [3.63, 3.8) is 0 Å². The number of ether oxygens (including phenoxy) is 3. The summed E-state index contributed by atoms with van der Waals surface area (Å²) in [6.45, 7) is 3.43. The molecule has 2 heterocycles. The monoisotopic (exact) mass is 383 g/mol. The highest BCUT2D eigenvalue weighted by Crippen LogP contribution is 2.42. The summed E-state index contributed by atoms with van der Waals surface area (Å²) in [6.07, 6.45) is 2.54. The first-order chi connectivity index (χ1) is 13.7. The molecule has 2 aromatic carbocycles. The van der Waals surface area contributed by atoms with Crippen LogP contribution in [0.2, 0.25) is 0 Å². The summed E-state index contributed by atoms with van der Waals surface area (Å²) in [4.78, 5) is 14.1. The molecule has 2 atom stereocenters. The van der Waals surface area contributed by atoms with Crippen LogP contribution in [0.1, 0.15) is 43.4 Å². The van der Waals surface area contributed by atoms with E-state index in [1.165, 1.54) is 0 Å². The Morgan fingerprint density at radius 3 is 2.86 bits per heavy atom. The number of carboxylic acids is 1. The molecule has 6 nitrogen and oxygen atoms in total. The zero-order valence-corrected chi connectivity index (χ0v) is 16.0. The van der Waals surface area contributed by atoms with E-state index in [0.717, 1.165) is 36.3 Å². The van der Waals surface area contributed by atoms with Crippen molar-refractivity contribution in [3.05, 3.63) is 53.6 Å². The number of hydrogen-bond acceptors (Lipinski definition) is 5. The fraction of sp³-hybridized carbons (Fsp3) is 0.409. The van der Waals surface area contributed by atoms with Crippen molar-refractivity contribution in [2.24, 2.45) is 0 Å². The minimum Gasteiger partial charge on any atom is -0.494 e. The van der Waals surface area contributed by atoms with E-state index in [1.54, 1.807) is 0 Å². The van der Waals surface area contributed by atoms with Crippen LogP contribution in [0.4, 0.5) is 0 Å². The van der Waals surface area contributed by atoms with Crippen molar-refractivity contribution in [1.29, 1.82) is 0 Å². The van der Waals surface area contributed by atoms with Gasteiger partial charge in [-0.05, 0) is 50.1 Å². The molecule has 1 N–H and O–H groups in total. The van der Waals surface area contributed by atoms with Gasteiger partial charge >= 0.3 is 5.97 Å². The Bertz CT molecular complexity index is 853. The van der Waals surface area contributed by atoms with E-state index in [-0.39, 0.29) is 12.8 Å². The number of carboxylic acid groups (broad SMARTS) is 1. The highest BCUT2D eigenvalue weighted by atomic mass is 16.7. The summed E-state index contributed by atoms with van der Waals surface area (Å²) in [7, 11) is 0. The average Bonchev–Trinajstić information content (AvgIpc) is 3.18. The molecule has 0 radical (unpaired) electrons. The van der Waals surface area contributed by atoms with Gasteiger partial charge in [0.25, 0.3) is 0 Å². The van der Waals surface area contributed by atoms with Crippen LogP contribution >= 0.6 is 0 Å². The first-order valence-electron chi connectivity index (χ1n) is 9.79. The van der Waals surface area contributed by atoms with Crippen LogP contribution < -0.4 is 14.2 Å². The maximum Gasteiger partial charge on any atom is 0.320 e. The SMILES string of the molecule is CCOc1ccccc1C(c1ccc2c(c1)OCO2)N1CCCCC1C(=O)O. The Hall–Kier alpha value is -2.73. The van der Waals surface area contributed by atoms with Crippen LogP contribution in [0.5, 0.6) is 17.2 Å². The lowest BCUT2D eigenvalue weighted by molar-refractivity contribution is -0.145. The van der Waals surface area contributed by atoms with Gasteiger partial charge in [-0.25, -0.2) is 0 Å². The zero-order valence-electron chi connectivity index (χ0n) is 16.0. The number of para-hydroxylation sites is 1. The average molecular weight is 383 g/mol. The summed E-state index contributed by atoms with van der Waals surface area (Å²) < 4.78 is 16.9. The van der Waals surface area contributed by atoms with Crippen molar-refractivity contribution < 1.29 is 24.1 Å². The predicted molar refractivity (Wildman–Crippen MR) is 104 cm³/mol. The molecule has 28 heavy (non-hydrogen) atoms. The zero-order chi connectivity index (χ0) is 19.5. The molecule has 0 amide bonds. The number of benzene rings is 2. The lowest BCUT2D eigenvalue weighted by Crippen LogP contribution is -2.46. The largest absolute Gasteiger partial charge is 0.494 e. The molecule has 1 saturated heterocycles. The van der Waals surface area contributed by atoms with Gasteiger partial charge < -0.3 is 19.3 Å². The molecule has 2 aliphatic rings. The molecule has 0 spiro atoms. The van der Waals surface area contributed by atoms with Gasteiger partial charge in [0.15, 0.2) is 11.5 Å². The second-order valence-corrected chi connectivity index (χ2v) is 7.07. The number of likely N-dealkylation sites (tertiary alicyclic amines) is 1. The van der Waals surface area contributed by atoms with Crippen LogP contribution in [0.25, 0.3) is 0 Å². The van der Waals surface area contributed by atoms with Crippen LogP contribution in [0.3, 0.4) is 0 Å². The number of carbonyl (C=O) groups is 1. The highest BCUT2D eigenvalue weighted by molar-refractivity contribution is 5.74. The number of hydrogen-bond donors (Lipinski definition) is 1. The van der Waals surface area contributed by atoms with Gasteiger partial charge in [0, 0.05) is 5.56 Å².